The van der Waals surface area contributed by atoms with E-state index in [1.807, 2.05) is 6.07 Å². The van der Waals surface area contributed by atoms with Crippen molar-refractivity contribution < 1.29 is 0 Å². The summed E-state index contributed by atoms with van der Waals surface area (Å²) in [6.07, 6.45) is 2.52. The zero-order valence-corrected chi connectivity index (χ0v) is 11.4. The van der Waals surface area contributed by atoms with Gasteiger partial charge in [0.2, 0.25) is 0 Å². The smallest absolute Gasteiger partial charge is 0.0642 e. The molecule has 94 valence electrons. The van der Waals surface area contributed by atoms with E-state index in [4.69, 9.17) is 11.6 Å². The number of piperidine rings is 1. The van der Waals surface area contributed by atoms with E-state index in [0.29, 0.717) is 0 Å². The van der Waals surface area contributed by atoms with Crippen molar-refractivity contribution in [2.24, 2.45) is 5.92 Å². The summed E-state index contributed by atoms with van der Waals surface area (Å²) in [5, 5.41) is 7.75. The molecule has 1 aromatic rings. The molecule has 0 aliphatic carbocycles. The molecule has 0 radical (unpaired) electrons. The minimum Gasteiger partial charge on any atom is -0.383 e. The molecular formula is C14H21ClN2. The van der Waals surface area contributed by atoms with E-state index in [2.05, 4.69) is 30.5 Å². The number of hydrogen-bond acceptors (Lipinski definition) is 2. The highest BCUT2D eigenvalue weighted by molar-refractivity contribution is 6.33. The highest BCUT2D eigenvalue weighted by Gasteiger charge is 2.13. The topological polar surface area (TPSA) is 24.1 Å². The van der Waals surface area contributed by atoms with Crippen LogP contribution < -0.4 is 10.6 Å². The number of benzene rings is 1. The van der Waals surface area contributed by atoms with Crippen molar-refractivity contribution in [2.75, 3.05) is 25.0 Å². The minimum absolute atomic E-state index is 0.771. The minimum atomic E-state index is 0.771. The van der Waals surface area contributed by atoms with Crippen molar-refractivity contribution in [3.8, 4) is 0 Å². The lowest BCUT2D eigenvalue weighted by molar-refractivity contribution is 0.390. The van der Waals surface area contributed by atoms with Gasteiger partial charge in [-0.1, -0.05) is 17.7 Å². The predicted octanol–water partition coefficient (Wildman–Crippen LogP) is 3.37. The maximum atomic E-state index is 6.28. The molecule has 2 nitrogen and oxygen atoms in total. The van der Waals surface area contributed by atoms with Gasteiger partial charge in [-0.05, 0) is 62.9 Å². The summed E-state index contributed by atoms with van der Waals surface area (Å²) in [5.41, 5.74) is 3.57. The molecule has 3 heteroatoms. The van der Waals surface area contributed by atoms with Crippen LogP contribution in [0.1, 0.15) is 24.0 Å². The second-order valence-corrected chi connectivity index (χ2v) is 5.42. The second-order valence-electron chi connectivity index (χ2n) is 5.01. The van der Waals surface area contributed by atoms with Crippen LogP contribution in [0.15, 0.2) is 12.1 Å². The third-order valence-electron chi connectivity index (χ3n) is 3.46. The first-order chi connectivity index (χ1) is 8.16. The number of hydrogen-bond donors (Lipinski definition) is 2. The van der Waals surface area contributed by atoms with Crippen LogP contribution in [0.2, 0.25) is 5.02 Å². The molecule has 2 rings (SSSR count). The fraction of sp³-hybridized carbons (Fsp3) is 0.571. The van der Waals surface area contributed by atoms with Gasteiger partial charge < -0.3 is 10.6 Å². The maximum absolute atomic E-state index is 6.28. The Bertz CT molecular complexity index is 361. The first kappa shape index (κ1) is 12.7. The quantitative estimate of drug-likeness (QED) is 0.862. The molecule has 0 bridgehead atoms. The zero-order valence-electron chi connectivity index (χ0n) is 10.6. The number of aryl methyl sites for hydroxylation is 2. The van der Waals surface area contributed by atoms with Crippen molar-refractivity contribution in [2.45, 2.75) is 26.7 Å². The Labute approximate surface area is 109 Å². The Hall–Kier alpha value is -0.730. The Morgan fingerprint density at radius 2 is 2.00 bits per heavy atom. The van der Waals surface area contributed by atoms with Gasteiger partial charge in [-0.2, -0.15) is 0 Å². The summed E-state index contributed by atoms with van der Waals surface area (Å²) in [6, 6.07) is 4.20. The Kier molecular flexibility index (Phi) is 4.30. The van der Waals surface area contributed by atoms with Gasteiger partial charge in [0.25, 0.3) is 0 Å². The molecule has 0 unspecified atom stereocenters. The molecule has 1 heterocycles. The van der Waals surface area contributed by atoms with Crippen molar-refractivity contribution in [3.05, 3.63) is 28.3 Å². The fourth-order valence-corrected chi connectivity index (χ4v) is 2.86. The maximum Gasteiger partial charge on any atom is 0.0642 e. The molecule has 0 aromatic heterocycles. The Balaban J connectivity index is 1.98. The average Bonchev–Trinajstić information content (AvgIpc) is 2.29. The lowest BCUT2D eigenvalue weighted by Crippen LogP contribution is -2.31. The van der Waals surface area contributed by atoms with E-state index in [9.17, 15) is 0 Å². The van der Waals surface area contributed by atoms with Crippen LogP contribution in [-0.4, -0.2) is 19.6 Å². The van der Waals surface area contributed by atoms with Crippen molar-refractivity contribution in [1.29, 1.82) is 0 Å². The average molecular weight is 253 g/mol. The third-order valence-corrected chi connectivity index (χ3v) is 3.76. The summed E-state index contributed by atoms with van der Waals surface area (Å²) < 4.78 is 0. The van der Waals surface area contributed by atoms with E-state index < -0.39 is 0 Å². The van der Waals surface area contributed by atoms with Crippen LogP contribution >= 0.6 is 11.6 Å². The Morgan fingerprint density at radius 3 is 2.65 bits per heavy atom. The van der Waals surface area contributed by atoms with E-state index >= 15 is 0 Å². The largest absolute Gasteiger partial charge is 0.383 e. The summed E-state index contributed by atoms with van der Waals surface area (Å²) in [7, 11) is 0. The lowest BCUT2D eigenvalue weighted by Gasteiger charge is -2.24. The van der Waals surface area contributed by atoms with Crippen LogP contribution in [0.4, 0.5) is 5.69 Å². The summed E-state index contributed by atoms with van der Waals surface area (Å²) in [4.78, 5) is 0. The molecule has 0 spiro atoms. The zero-order chi connectivity index (χ0) is 12.3. The number of anilines is 1. The van der Waals surface area contributed by atoms with Gasteiger partial charge in [-0.15, -0.1) is 0 Å². The van der Waals surface area contributed by atoms with Crippen LogP contribution in [-0.2, 0) is 0 Å². The standard InChI is InChI=1S/C14H21ClN2/c1-10-7-11(2)14(13(15)8-10)17-9-12-3-5-16-6-4-12/h7-8,12,16-17H,3-6,9H2,1-2H3. The van der Waals surface area contributed by atoms with Crippen LogP contribution in [0, 0.1) is 19.8 Å². The van der Waals surface area contributed by atoms with Crippen LogP contribution in [0.3, 0.4) is 0 Å². The predicted molar refractivity (Wildman–Crippen MR) is 75.0 cm³/mol. The highest BCUT2D eigenvalue weighted by Crippen LogP contribution is 2.28. The number of halogens is 1. The molecule has 1 fully saturated rings. The van der Waals surface area contributed by atoms with Crippen molar-refractivity contribution in [3.63, 3.8) is 0 Å². The van der Waals surface area contributed by atoms with Gasteiger partial charge in [0.1, 0.15) is 0 Å². The summed E-state index contributed by atoms with van der Waals surface area (Å²) in [6.45, 7) is 7.52. The molecule has 0 amide bonds. The van der Waals surface area contributed by atoms with Gasteiger partial charge >= 0.3 is 0 Å². The molecule has 1 aromatic carbocycles. The molecule has 1 saturated heterocycles. The molecule has 1 aliphatic rings. The third kappa shape index (κ3) is 3.36. The molecular weight excluding hydrogens is 232 g/mol. The van der Waals surface area contributed by atoms with Gasteiger partial charge in [0, 0.05) is 6.54 Å². The second kappa shape index (κ2) is 5.74. The van der Waals surface area contributed by atoms with Crippen LogP contribution in [0.25, 0.3) is 0 Å². The van der Waals surface area contributed by atoms with Gasteiger partial charge in [0.15, 0.2) is 0 Å². The highest BCUT2D eigenvalue weighted by atomic mass is 35.5. The SMILES string of the molecule is Cc1cc(C)c(NCC2CCNCC2)c(Cl)c1. The van der Waals surface area contributed by atoms with Crippen molar-refractivity contribution in [1.82, 2.24) is 5.32 Å². The molecule has 0 atom stereocenters. The van der Waals surface area contributed by atoms with Gasteiger partial charge in [-0.25, -0.2) is 0 Å². The van der Waals surface area contributed by atoms with Gasteiger partial charge in [0.05, 0.1) is 10.7 Å². The van der Waals surface area contributed by atoms with Crippen LogP contribution in [0.5, 0.6) is 0 Å². The number of nitrogens with one attached hydrogen (secondary N) is 2. The first-order valence-corrected chi connectivity index (χ1v) is 6.76. The van der Waals surface area contributed by atoms with E-state index in [1.165, 1.54) is 24.0 Å². The Morgan fingerprint density at radius 1 is 1.29 bits per heavy atom. The number of rotatable bonds is 3. The normalized spacial score (nSPS) is 17.1. The van der Waals surface area contributed by atoms with E-state index in [0.717, 1.165) is 36.3 Å². The molecule has 0 saturated carbocycles. The van der Waals surface area contributed by atoms with E-state index in [1.54, 1.807) is 0 Å². The monoisotopic (exact) mass is 252 g/mol. The first-order valence-electron chi connectivity index (χ1n) is 6.38. The lowest BCUT2D eigenvalue weighted by atomic mass is 9.98. The molecule has 17 heavy (non-hydrogen) atoms. The van der Waals surface area contributed by atoms with Gasteiger partial charge in [-0.3, -0.25) is 0 Å². The fourth-order valence-electron chi connectivity index (χ4n) is 2.47. The summed E-state index contributed by atoms with van der Waals surface area (Å²) >= 11 is 6.28. The molecule has 2 N–H and O–H groups in total. The van der Waals surface area contributed by atoms with Crippen molar-refractivity contribution >= 4 is 17.3 Å². The summed E-state index contributed by atoms with van der Waals surface area (Å²) in [5.74, 6) is 0.771. The molecule has 1 aliphatic heterocycles. The van der Waals surface area contributed by atoms with E-state index in [-0.39, 0.29) is 0 Å².